The molecule has 0 saturated heterocycles. The summed E-state index contributed by atoms with van der Waals surface area (Å²) < 4.78 is 48.0. The lowest BCUT2D eigenvalue weighted by Crippen LogP contribution is -2.07. The molecule has 0 aliphatic carbocycles. The zero-order valence-electron chi connectivity index (χ0n) is 17.3. The number of nitrogens with zero attached hydrogens (tertiary/aromatic N) is 4. The highest BCUT2D eigenvalue weighted by molar-refractivity contribution is 7.90. The molecule has 3 aromatic heterocycles. The maximum absolute atomic E-state index is 14.6. The maximum Gasteiger partial charge on any atom is 0.203 e. The van der Waals surface area contributed by atoms with E-state index in [1.807, 2.05) is 19.1 Å². The molecule has 0 unspecified atom stereocenters. The van der Waals surface area contributed by atoms with E-state index in [-0.39, 0.29) is 16.6 Å². The van der Waals surface area contributed by atoms with Crippen LogP contribution in [0.15, 0.2) is 41.8 Å². The van der Waals surface area contributed by atoms with Gasteiger partial charge in [-0.05, 0) is 37.1 Å². The smallest absolute Gasteiger partial charge is 0.203 e. The van der Waals surface area contributed by atoms with E-state index < -0.39 is 9.84 Å². The number of hydrogen-bond acceptors (Lipinski definition) is 6. The molecule has 2 aliphatic rings. The maximum atomic E-state index is 14.6. The van der Waals surface area contributed by atoms with Crippen molar-refractivity contribution in [2.75, 3.05) is 6.61 Å². The first-order valence-corrected chi connectivity index (χ1v) is 12.1. The van der Waals surface area contributed by atoms with Gasteiger partial charge in [-0.2, -0.15) is 0 Å². The van der Waals surface area contributed by atoms with Gasteiger partial charge in [-0.1, -0.05) is 6.07 Å². The topological polar surface area (TPSA) is 86.5 Å². The monoisotopic (exact) mass is 450 g/mol. The number of aryl methyl sites for hydroxylation is 2. The quantitative estimate of drug-likeness (QED) is 0.476. The summed E-state index contributed by atoms with van der Waals surface area (Å²) in [4.78, 5) is 13.3. The van der Waals surface area contributed by atoms with E-state index in [9.17, 15) is 12.8 Å². The number of sulfone groups is 1. The molecule has 6 rings (SSSR count). The van der Waals surface area contributed by atoms with E-state index in [0.29, 0.717) is 54.0 Å². The number of pyridine rings is 1. The Morgan fingerprint density at radius 2 is 2.00 bits per heavy atom. The summed E-state index contributed by atoms with van der Waals surface area (Å²) in [6.07, 6.45) is 4.72. The largest absolute Gasteiger partial charge is 0.493 e. The summed E-state index contributed by atoms with van der Waals surface area (Å²) in [6.45, 7) is 2.39. The zero-order valence-corrected chi connectivity index (χ0v) is 18.1. The number of fused-ring (bicyclic) bond motifs is 3. The summed E-state index contributed by atoms with van der Waals surface area (Å²) in [7, 11) is -3.67. The van der Waals surface area contributed by atoms with Crippen LogP contribution in [-0.2, 0) is 34.9 Å². The lowest BCUT2D eigenvalue weighted by molar-refractivity contribution is 0.356. The predicted molar refractivity (Wildman–Crippen MR) is 115 cm³/mol. The van der Waals surface area contributed by atoms with Gasteiger partial charge in [0.25, 0.3) is 0 Å². The average molecular weight is 450 g/mol. The van der Waals surface area contributed by atoms with Crippen molar-refractivity contribution in [3.8, 4) is 16.9 Å². The third-order valence-corrected chi connectivity index (χ3v) is 7.72. The van der Waals surface area contributed by atoms with Gasteiger partial charge in [0.2, 0.25) is 9.84 Å². The molecule has 1 aromatic carbocycles. The van der Waals surface area contributed by atoms with Gasteiger partial charge in [0.1, 0.15) is 23.7 Å². The second kappa shape index (κ2) is 6.83. The normalized spacial score (nSPS) is 15.8. The van der Waals surface area contributed by atoms with Crippen LogP contribution in [0.2, 0.25) is 0 Å². The second-order valence-corrected chi connectivity index (χ2v) is 10.1. The van der Waals surface area contributed by atoms with Crippen LogP contribution in [0.1, 0.15) is 28.3 Å². The summed E-state index contributed by atoms with van der Waals surface area (Å²) >= 11 is 0. The van der Waals surface area contributed by atoms with Gasteiger partial charge in [-0.25, -0.2) is 22.8 Å². The molecule has 0 atom stereocenters. The van der Waals surface area contributed by atoms with E-state index in [2.05, 4.69) is 15.0 Å². The Balaban J connectivity index is 1.47. The van der Waals surface area contributed by atoms with Crippen molar-refractivity contribution in [3.63, 3.8) is 0 Å². The molecule has 4 aromatic rings. The van der Waals surface area contributed by atoms with Crippen LogP contribution in [0.3, 0.4) is 0 Å². The fourth-order valence-corrected chi connectivity index (χ4v) is 6.11. The summed E-state index contributed by atoms with van der Waals surface area (Å²) in [5, 5.41) is 0.0342. The van der Waals surface area contributed by atoms with Gasteiger partial charge in [0.05, 0.1) is 23.6 Å². The van der Waals surface area contributed by atoms with Crippen LogP contribution in [0.5, 0.6) is 5.75 Å². The number of halogens is 1. The number of hydrogen-bond donors (Lipinski definition) is 0. The van der Waals surface area contributed by atoms with Crippen LogP contribution >= 0.6 is 0 Å². The van der Waals surface area contributed by atoms with Gasteiger partial charge in [0.15, 0.2) is 5.03 Å². The molecule has 0 radical (unpaired) electrons. The summed E-state index contributed by atoms with van der Waals surface area (Å²) in [6, 6.07) is 6.84. The average Bonchev–Trinajstić information content (AvgIpc) is 3.39. The third kappa shape index (κ3) is 2.84. The minimum atomic E-state index is -3.67. The first-order chi connectivity index (χ1) is 15.4. The van der Waals surface area contributed by atoms with Gasteiger partial charge in [0, 0.05) is 41.4 Å². The molecule has 5 heterocycles. The molecule has 0 N–H and O–H groups in total. The number of ether oxygens (including phenoxy) is 1. The minimum Gasteiger partial charge on any atom is -0.493 e. The van der Waals surface area contributed by atoms with Crippen LogP contribution in [0.4, 0.5) is 4.39 Å². The van der Waals surface area contributed by atoms with Crippen molar-refractivity contribution < 1.29 is 17.5 Å². The number of imidazole rings is 1. The SMILES string of the molecule is Cc1ccc2c(n1)CS(=O)(=O)c1ncn3c(CCc4c(F)ccc5c4CCO5)ncc-2c13. The first-order valence-electron chi connectivity index (χ1n) is 10.4. The van der Waals surface area contributed by atoms with Crippen molar-refractivity contribution in [2.45, 2.75) is 37.0 Å². The summed E-state index contributed by atoms with van der Waals surface area (Å²) in [5.41, 5.74) is 4.71. The van der Waals surface area contributed by atoms with Crippen LogP contribution in [-0.4, -0.2) is 34.4 Å². The Morgan fingerprint density at radius 1 is 1.12 bits per heavy atom. The Bertz CT molecular complexity index is 1530. The number of rotatable bonds is 3. The lowest BCUT2D eigenvalue weighted by Gasteiger charge is -2.12. The lowest BCUT2D eigenvalue weighted by atomic mass is 9.99. The Kier molecular flexibility index (Phi) is 4.13. The van der Waals surface area contributed by atoms with Gasteiger partial charge in [-0.3, -0.25) is 9.38 Å². The molecule has 0 amide bonds. The van der Waals surface area contributed by atoms with Crippen molar-refractivity contribution in [1.29, 1.82) is 0 Å². The molecule has 162 valence electrons. The number of aromatic nitrogens is 4. The molecule has 0 fully saturated rings. The van der Waals surface area contributed by atoms with Crippen molar-refractivity contribution in [3.05, 3.63) is 70.9 Å². The van der Waals surface area contributed by atoms with Crippen LogP contribution in [0, 0.1) is 12.7 Å². The van der Waals surface area contributed by atoms with Crippen molar-refractivity contribution >= 4 is 15.4 Å². The minimum absolute atomic E-state index is 0.0342. The van der Waals surface area contributed by atoms with E-state index in [4.69, 9.17) is 4.74 Å². The molecule has 2 aliphatic heterocycles. The molecular formula is C23H19FN4O3S. The second-order valence-electron chi connectivity index (χ2n) is 8.16. The van der Waals surface area contributed by atoms with Gasteiger partial charge in [-0.15, -0.1) is 0 Å². The summed E-state index contributed by atoms with van der Waals surface area (Å²) in [5.74, 6) is 0.889. The Labute approximate surface area is 183 Å². The fourth-order valence-electron chi connectivity index (χ4n) is 4.68. The Morgan fingerprint density at radius 3 is 2.88 bits per heavy atom. The van der Waals surface area contributed by atoms with E-state index in [1.165, 1.54) is 12.4 Å². The fraction of sp³-hybridized carbons (Fsp3) is 0.261. The number of benzene rings is 1. The highest BCUT2D eigenvalue weighted by Gasteiger charge is 2.31. The Hall–Kier alpha value is -3.33. The van der Waals surface area contributed by atoms with Crippen molar-refractivity contribution in [2.24, 2.45) is 0 Å². The predicted octanol–water partition coefficient (Wildman–Crippen LogP) is 3.25. The standard InChI is InChI=1S/C23H19FN4O3S/c1-13-2-3-15-17-10-25-21(7-4-14-16-8-9-31-20(16)6-5-18(14)24)28-12-26-23(22(17)28)32(29,30)11-19(15)27-13/h2-3,5-6,10,12H,4,7-9,11H2,1H3. The van der Waals surface area contributed by atoms with E-state index >= 15 is 0 Å². The van der Waals surface area contributed by atoms with Gasteiger partial charge < -0.3 is 4.74 Å². The zero-order chi connectivity index (χ0) is 22.0. The van der Waals surface area contributed by atoms with Crippen molar-refractivity contribution in [1.82, 2.24) is 19.4 Å². The highest BCUT2D eigenvalue weighted by atomic mass is 32.2. The van der Waals surface area contributed by atoms with Crippen LogP contribution < -0.4 is 4.74 Å². The molecule has 7 nitrogen and oxygen atoms in total. The van der Waals surface area contributed by atoms with Gasteiger partial charge >= 0.3 is 0 Å². The first kappa shape index (κ1) is 19.4. The molecule has 32 heavy (non-hydrogen) atoms. The van der Waals surface area contributed by atoms with E-state index in [0.717, 1.165) is 22.6 Å². The van der Waals surface area contributed by atoms with E-state index in [1.54, 1.807) is 16.7 Å². The molecule has 0 bridgehead atoms. The molecular weight excluding hydrogens is 431 g/mol. The molecule has 9 heteroatoms. The molecule has 0 saturated carbocycles. The van der Waals surface area contributed by atoms with Crippen LogP contribution in [0.25, 0.3) is 16.6 Å². The third-order valence-electron chi connectivity index (χ3n) is 6.17. The highest BCUT2D eigenvalue weighted by Crippen LogP contribution is 2.37. The molecule has 0 spiro atoms.